The van der Waals surface area contributed by atoms with Crippen molar-refractivity contribution in [2.45, 2.75) is 26.2 Å². The van der Waals surface area contributed by atoms with Gasteiger partial charge in [-0.2, -0.15) is 0 Å². The highest BCUT2D eigenvalue weighted by molar-refractivity contribution is 7.80. The standard InChI is InChI=1S/C21H21N3O3S/c1-2-3-11-19(25)22-15-8-6-9-16(13-15)23-21(28)24-20(26)18-12-14-7-4-5-10-17(14)27-18/h4-10,12-13H,2-3,11H2,1H3,(H,22,25)(H2,23,24,26,28). The van der Waals surface area contributed by atoms with E-state index in [-0.39, 0.29) is 16.8 Å². The maximum absolute atomic E-state index is 12.3. The summed E-state index contributed by atoms with van der Waals surface area (Å²) in [6.45, 7) is 2.04. The average Bonchev–Trinajstić information content (AvgIpc) is 3.11. The summed E-state index contributed by atoms with van der Waals surface area (Å²) in [5.41, 5.74) is 1.96. The second-order valence-electron chi connectivity index (χ2n) is 6.29. The molecule has 3 rings (SSSR count). The van der Waals surface area contributed by atoms with E-state index in [2.05, 4.69) is 16.0 Å². The highest BCUT2D eigenvalue weighted by atomic mass is 32.1. The van der Waals surface area contributed by atoms with Gasteiger partial charge in [0.25, 0.3) is 5.91 Å². The summed E-state index contributed by atoms with van der Waals surface area (Å²) in [5.74, 6) is -0.278. The van der Waals surface area contributed by atoms with E-state index < -0.39 is 5.91 Å². The van der Waals surface area contributed by atoms with Crippen molar-refractivity contribution < 1.29 is 14.0 Å². The average molecular weight is 395 g/mol. The van der Waals surface area contributed by atoms with E-state index in [1.807, 2.05) is 25.1 Å². The summed E-state index contributed by atoms with van der Waals surface area (Å²) in [5, 5.41) is 9.37. The summed E-state index contributed by atoms with van der Waals surface area (Å²) in [6, 6.07) is 16.2. The fourth-order valence-electron chi connectivity index (χ4n) is 2.66. The number of rotatable bonds is 6. The number of amides is 2. The molecule has 0 aliphatic carbocycles. The Morgan fingerprint density at radius 1 is 1.00 bits per heavy atom. The van der Waals surface area contributed by atoms with Gasteiger partial charge in [-0.1, -0.05) is 37.6 Å². The minimum atomic E-state index is -0.433. The number of hydrogen-bond acceptors (Lipinski definition) is 4. The van der Waals surface area contributed by atoms with E-state index >= 15 is 0 Å². The van der Waals surface area contributed by atoms with Gasteiger partial charge in [0.1, 0.15) is 5.58 Å². The van der Waals surface area contributed by atoms with Gasteiger partial charge in [-0.15, -0.1) is 0 Å². The summed E-state index contributed by atoms with van der Waals surface area (Å²) in [4.78, 5) is 24.2. The van der Waals surface area contributed by atoms with Crippen LogP contribution < -0.4 is 16.0 Å². The van der Waals surface area contributed by atoms with Crippen molar-refractivity contribution in [2.75, 3.05) is 10.6 Å². The smallest absolute Gasteiger partial charge is 0.293 e. The minimum Gasteiger partial charge on any atom is -0.451 e. The first-order chi connectivity index (χ1) is 13.5. The van der Waals surface area contributed by atoms with Crippen LogP contribution in [0.4, 0.5) is 11.4 Å². The molecule has 7 heteroatoms. The molecule has 0 unspecified atom stereocenters. The zero-order valence-corrected chi connectivity index (χ0v) is 16.3. The lowest BCUT2D eigenvalue weighted by Crippen LogP contribution is -2.33. The molecule has 0 saturated carbocycles. The lowest BCUT2D eigenvalue weighted by atomic mass is 10.2. The molecule has 2 amide bonds. The lowest BCUT2D eigenvalue weighted by molar-refractivity contribution is -0.116. The molecule has 0 bridgehead atoms. The number of carbonyl (C=O) groups excluding carboxylic acids is 2. The molecule has 0 spiro atoms. The van der Waals surface area contributed by atoms with Gasteiger partial charge in [-0.05, 0) is 49.0 Å². The van der Waals surface area contributed by atoms with Crippen molar-refractivity contribution in [3.63, 3.8) is 0 Å². The molecule has 3 aromatic rings. The Kier molecular flexibility index (Phi) is 6.39. The fourth-order valence-corrected chi connectivity index (χ4v) is 2.87. The molecule has 6 nitrogen and oxygen atoms in total. The third kappa shape index (κ3) is 5.17. The van der Waals surface area contributed by atoms with Gasteiger partial charge in [-0.25, -0.2) is 0 Å². The van der Waals surface area contributed by atoms with Crippen molar-refractivity contribution in [3.05, 3.63) is 60.4 Å². The van der Waals surface area contributed by atoms with Crippen LogP contribution >= 0.6 is 12.2 Å². The molecule has 0 aliphatic rings. The third-order valence-corrected chi connectivity index (χ3v) is 4.24. The zero-order chi connectivity index (χ0) is 19.9. The number of carbonyl (C=O) groups is 2. The molecule has 1 aromatic heterocycles. The summed E-state index contributed by atoms with van der Waals surface area (Å²) < 4.78 is 5.53. The van der Waals surface area contributed by atoms with Crippen molar-refractivity contribution in [1.29, 1.82) is 0 Å². The van der Waals surface area contributed by atoms with Crippen LogP contribution in [-0.2, 0) is 4.79 Å². The van der Waals surface area contributed by atoms with Crippen LogP contribution in [0.1, 0.15) is 36.7 Å². The number of anilines is 2. The van der Waals surface area contributed by atoms with Crippen molar-refractivity contribution in [1.82, 2.24) is 5.32 Å². The van der Waals surface area contributed by atoms with Crippen LogP contribution in [0, 0.1) is 0 Å². The first kappa shape index (κ1) is 19.6. The van der Waals surface area contributed by atoms with Gasteiger partial charge < -0.3 is 15.1 Å². The molecule has 0 aliphatic heterocycles. The van der Waals surface area contributed by atoms with Crippen molar-refractivity contribution >= 4 is 51.5 Å². The van der Waals surface area contributed by atoms with Crippen LogP contribution in [0.3, 0.4) is 0 Å². The molecule has 0 fully saturated rings. The first-order valence-corrected chi connectivity index (χ1v) is 9.47. The Morgan fingerprint density at radius 2 is 1.75 bits per heavy atom. The van der Waals surface area contributed by atoms with E-state index in [4.69, 9.17) is 16.6 Å². The topological polar surface area (TPSA) is 83.4 Å². The normalized spacial score (nSPS) is 10.5. The quantitative estimate of drug-likeness (QED) is 0.528. The van der Waals surface area contributed by atoms with Crippen molar-refractivity contribution in [2.24, 2.45) is 0 Å². The van der Waals surface area contributed by atoms with E-state index in [1.54, 1.807) is 36.4 Å². The largest absolute Gasteiger partial charge is 0.451 e. The molecular formula is C21H21N3O3S. The maximum Gasteiger partial charge on any atom is 0.293 e. The molecule has 3 N–H and O–H groups in total. The van der Waals surface area contributed by atoms with Crippen molar-refractivity contribution in [3.8, 4) is 0 Å². The number of fused-ring (bicyclic) bond motifs is 1. The number of thiocarbonyl (C=S) groups is 1. The van der Waals surface area contributed by atoms with Crippen LogP contribution in [0.5, 0.6) is 0 Å². The molecule has 0 saturated heterocycles. The second-order valence-corrected chi connectivity index (χ2v) is 6.70. The van der Waals surface area contributed by atoms with E-state index in [9.17, 15) is 9.59 Å². The van der Waals surface area contributed by atoms with Gasteiger partial charge in [0.2, 0.25) is 5.91 Å². The SMILES string of the molecule is CCCCC(=O)Nc1cccc(NC(=S)NC(=O)c2cc3ccccc3o2)c1. The number of nitrogens with one attached hydrogen (secondary N) is 3. The van der Waals surface area contributed by atoms with Gasteiger partial charge in [-0.3, -0.25) is 14.9 Å². The Morgan fingerprint density at radius 3 is 2.50 bits per heavy atom. The Balaban J connectivity index is 1.59. The number of hydrogen-bond donors (Lipinski definition) is 3. The van der Waals surface area contributed by atoms with Crippen LogP contribution in [0.25, 0.3) is 11.0 Å². The zero-order valence-electron chi connectivity index (χ0n) is 15.5. The van der Waals surface area contributed by atoms with Gasteiger partial charge in [0.15, 0.2) is 10.9 Å². The number of furan rings is 1. The number of para-hydroxylation sites is 1. The predicted molar refractivity (Wildman–Crippen MR) is 114 cm³/mol. The first-order valence-electron chi connectivity index (χ1n) is 9.06. The fraction of sp³-hybridized carbons (Fsp3) is 0.190. The molecule has 0 atom stereocenters. The molecule has 2 aromatic carbocycles. The Labute approximate surface area is 168 Å². The molecule has 28 heavy (non-hydrogen) atoms. The van der Waals surface area contributed by atoms with Gasteiger partial charge >= 0.3 is 0 Å². The lowest BCUT2D eigenvalue weighted by Gasteiger charge is -2.10. The van der Waals surface area contributed by atoms with Crippen LogP contribution in [0.15, 0.2) is 59.0 Å². The van der Waals surface area contributed by atoms with E-state index in [0.717, 1.165) is 18.2 Å². The minimum absolute atomic E-state index is 0.0280. The highest BCUT2D eigenvalue weighted by Crippen LogP contribution is 2.19. The second kappa shape index (κ2) is 9.14. The summed E-state index contributed by atoms with van der Waals surface area (Å²) in [6.07, 6.45) is 2.30. The van der Waals surface area contributed by atoms with Crippen LogP contribution in [0.2, 0.25) is 0 Å². The Bertz CT molecular complexity index is 980. The maximum atomic E-state index is 12.3. The summed E-state index contributed by atoms with van der Waals surface area (Å²) in [7, 11) is 0. The highest BCUT2D eigenvalue weighted by Gasteiger charge is 2.13. The van der Waals surface area contributed by atoms with Gasteiger partial charge in [0, 0.05) is 23.2 Å². The van der Waals surface area contributed by atoms with E-state index in [1.165, 1.54) is 0 Å². The van der Waals surface area contributed by atoms with E-state index in [0.29, 0.717) is 23.4 Å². The number of unbranched alkanes of at least 4 members (excludes halogenated alkanes) is 1. The third-order valence-electron chi connectivity index (χ3n) is 4.04. The monoisotopic (exact) mass is 395 g/mol. The van der Waals surface area contributed by atoms with Gasteiger partial charge in [0.05, 0.1) is 0 Å². The van der Waals surface area contributed by atoms with Crippen LogP contribution in [-0.4, -0.2) is 16.9 Å². The molecule has 0 radical (unpaired) electrons. The Hall–Kier alpha value is -3.19. The summed E-state index contributed by atoms with van der Waals surface area (Å²) >= 11 is 5.21. The predicted octanol–water partition coefficient (Wildman–Crippen LogP) is 4.69. The molecule has 1 heterocycles. The number of benzene rings is 2. The molecule has 144 valence electrons. The molecular weight excluding hydrogens is 374 g/mol.